The van der Waals surface area contributed by atoms with Crippen LogP contribution >= 0.6 is 0 Å². The number of unbranched alkanes of at least 4 members (excludes halogenated alkanes) is 1. The Labute approximate surface area is 197 Å². The molecule has 2 atom stereocenters. The number of hydrogen-bond donors (Lipinski definition) is 0. The number of halogens is 3. The zero-order valence-electron chi connectivity index (χ0n) is 20.2. The van der Waals surface area contributed by atoms with Crippen molar-refractivity contribution in [3.05, 3.63) is 35.1 Å². The van der Waals surface area contributed by atoms with E-state index in [1.807, 2.05) is 0 Å². The first-order valence-electron chi connectivity index (χ1n) is 13.4. The summed E-state index contributed by atoms with van der Waals surface area (Å²) in [5.41, 5.74) is 0.622. The molecule has 186 valence electrons. The van der Waals surface area contributed by atoms with Gasteiger partial charge in [0.2, 0.25) is 0 Å². The molecule has 0 amide bonds. The first kappa shape index (κ1) is 25.0. The van der Waals surface area contributed by atoms with Gasteiger partial charge in [0.15, 0.2) is 17.5 Å². The molecule has 2 saturated carbocycles. The van der Waals surface area contributed by atoms with Crippen molar-refractivity contribution in [2.24, 2.45) is 23.7 Å². The van der Waals surface area contributed by atoms with Crippen molar-refractivity contribution in [1.82, 2.24) is 0 Å². The van der Waals surface area contributed by atoms with Crippen LogP contribution in [0.5, 0.6) is 0 Å². The van der Waals surface area contributed by atoms with E-state index in [0.29, 0.717) is 29.4 Å². The SMILES string of the molecule is CCCCOCC1CCC(C2CCC(C3CCC(c4cc(F)c(F)c(F)c4)CC3)CC2)OC1. The molecular formula is C28H41F3O2. The third-order valence-electron chi connectivity index (χ3n) is 8.66. The molecule has 4 rings (SSSR count). The van der Waals surface area contributed by atoms with Crippen LogP contribution in [0.15, 0.2) is 12.1 Å². The molecule has 1 aromatic rings. The Bertz CT molecular complexity index is 708. The van der Waals surface area contributed by atoms with Gasteiger partial charge in [0, 0.05) is 12.5 Å². The van der Waals surface area contributed by atoms with Crippen LogP contribution in [0.2, 0.25) is 0 Å². The van der Waals surface area contributed by atoms with Crippen LogP contribution in [-0.4, -0.2) is 25.9 Å². The van der Waals surface area contributed by atoms with Crippen molar-refractivity contribution in [1.29, 1.82) is 0 Å². The highest BCUT2D eigenvalue weighted by Crippen LogP contribution is 2.45. The zero-order valence-corrected chi connectivity index (χ0v) is 20.2. The number of benzene rings is 1. The van der Waals surface area contributed by atoms with Gasteiger partial charge in [0.05, 0.1) is 19.3 Å². The lowest BCUT2D eigenvalue weighted by Crippen LogP contribution is -2.36. The third kappa shape index (κ3) is 6.54. The highest BCUT2D eigenvalue weighted by Gasteiger charge is 2.35. The summed E-state index contributed by atoms with van der Waals surface area (Å²) >= 11 is 0. The van der Waals surface area contributed by atoms with Crippen molar-refractivity contribution in [3.63, 3.8) is 0 Å². The molecule has 2 unspecified atom stereocenters. The lowest BCUT2D eigenvalue weighted by atomic mass is 9.67. The number of rotatable bonds is 8. The van der Waals surface area contributed by atoms with Gasteiger partial charge in [0.1, 0.15) is 0 Å². The molecule has 33 heavy (non-hydrogen) atoms. The molecule has 0 bridgehead atoms. The molecule has 1 aromatic carbocycles. The van der Waals surface area contributed by atoms with Crippen LogP contribution in [0, 0.1) is 41.1 Å². The Kier molecular flexibility index (Phi) is 9.15. The maximum absolute atomic E-state index is 13.6. The molecule has 0 radical (unpaired) electrons. The lowest BCUT2D eigenvalue weighted by molar-refractivity contribution is -0.0761. The summed E-state index contributed by atoms with van der Waals surface area (Å²) in [7, 11) is 0. The Morgan fingerprint density at radius 1 is 0.818 bits per heavy atom. The molecule has 1 aliphatic heterocycles. The van der Waals surface area contributed by atoms with Gasteiger partial charge in [-0.2, -0.15) is 0 Å². The zero-order chi connectivity index (χ0) is 23.2. The predicted octanol–water partition coefficient (Wildman–Crippen LogP) is 7.80. The fourth-order valence-corrected chi connectivity index (χ4v) is 6.55. The van der Waals surface area contributed by atoms with E-state index in [2.05, 4.69) is 6.92 Å². The van der Waals surface area contributed by atoms with Crippen molar-refractivity contribution < 1.29 is 22.6 Å². The van der Waals surface area contributed by atoms with Gasteiger partial charge in [0.25, 0.3) is 0 Å². The second kappa shape index (κ2) is 12.1. The van der Waals surface area contributed by atoms with Gasteiger partial charge in [-0.05, 0) is 112 Å². The summed E-state index contributed by atoms with van der Waals surface area (Å²) in [6, 6.07) is 2.39. The van der Waals surface area contributed by atoms with E-state index in [1.165, 1.54) is 57.1 Å². The third-order valence-corrected chi connectivity index (χ3v) is 8.66. The van der Waals surface area contributed by atoms with Crippen molar-refractivity contribution in [2.75, 3.05) is 19.8 Å². The molecule has 0 aromatic heterocycles. The van der Waals surface area contributed by atoms with Gasteiger partial charge in [-0.3, -0.25) is 0 Å². The maximum atomic E-state index is 13.6. The average Bonchev–Trinajstić information content (AvgIpc) is 2.85. The van der Waals surface area contributed by atoms with Crippen LogP contribution in [0.1, 0.15) is 95.5 Å². The van der Waals surface area contributed by atoms with Gasteiger partial charge in [-0.15, -0.1) is 0 Å². The van der Waals surface area contributed by atoms with Gasteiger partial charge < -0.3 is 9.47 Å². The number of hydrogen-bond acceptors (Lipinski definition) is 2. The van der Waals surface area contributed by atoms with Gasteiger partial charge in [-0.1, -0.05) is 13.3 Å². The Morgan fingerprint density at radius 2 is 1.42 bits per heavy atom. The monoisotopic (exact) mass is 466 g/mol. The summed E-state index contributed by atoms with van der Waals surface area (Å²) < 4.78 is 52.6. The van der Waals surface area contributed by atoms with Crippen LogP contribution in [0.25, 0.3) is 0 Å². The lowest BCUT2D eigenvalue weighted by Gasteiger charge is -2.41. The van der Waals surface area contributed by atoms with E-state index >= 15 is 0 Å². The molecule has 1 heterocycles. The predicted molar refractivity (Wildman–Crippen MR) is 125 cm³/mol. The Hall–Kier alpha value is -1.07. The van der Waals surface area contributed by atoms with Crippen LogP contribution in [0.3, 0.4) is 0 Å². The van der Waals surface area contributed by atoms with Crippen molar-refractivity contribution in [2.45, 2.75) is 96.0 Å². The molecule has 3 fully saturated rings. The quantitative estimate of drug-likeness (QED) is 0.287. The van der Waals surface area contributed by atoms with Crippen LogP contribution in [0.4, 0.5) is 13.2 Å². The molecule has 2 aliphatic carbocycles. The summed E-state index contributed by atoms with van der Waals surface area (Å²) in [4.78, 5) is 0. The molecular weight excluding hydrogens is 425 g/mol. The van der Waals surface area contributed by atoms with E-state index in [-0.39, 0.29) is 5.92 Å². The van der Waals surface area contributed by atoms with Gasteiger partial charge in [-0.25, -0.2) is 13.2 Å². The molecule has 3 aliphatic rings. The Morgan fingerprint density at radius 3 is 2.00 bits per heavy atom. The molecule has 1 saturated heterocycles. The Balaban J connectivity index is 1.16. The smallest absolute Gasteiger partial charge is 0.194 e. The minimum atomic E-state index is -1.36. The normalized spacial score (nSPS) is 33.2. The molecule has 0 spiro atoms. The highest BCUT2D eigenvalue weighted by atomic mass is 19.2. The second-order valence-electron chi connectivity index (χ2n) is 10.8. The van der Waals surface area contributed by atoms with E-state index < -0.39 is 17.5 Å². The van der Waals surface area contributed by atoms with Crippen molar-refractivity contribution >= 4 is 0 Å². The van der Waals surface area contributed by atoms with E-state index in [0.717, 1.165) is 57.8 Å². The molecule has 2 nitrogen and oxygen atoms in total. The largest absolute Gasteiger partial charge is 0.381 e. The fraction of sp³-hybridized carbons (Fsp3) is 0.786. The minimum Gasteiger partial charge on any atom is -0.381 e. The summed E-state index contributed by atoms with van der Waals surface area (Å²) in [5, 5.41) is 0. The van der Waals surface area contributed by atoms with E-state index in [4.69, 9.17) is 9.47 Å². The highest BCUT2D eigenvalue weighted by molar-refractivity contribution is 5.23. The van der Waals surface area contributed by atoms with Gasteiger partial charge >= 0.3 is 0 Å². The molecule has 0 N–H and O–H groups in total. The fourth-order valence-electron chi connectivity index (χ4n) is 6.55. The van der Waals surface area contributed by atoms with E-state index in [9.17, 15) is 13.2 Å². The topological polar surface area (TPSA) is 18.5 Å². The van der Waals surface area contributed by atoms with E-state index in [1.54, 1.807) is 0 Å². The average molecular weight is 467 g/mol. The summed E-state index contributed by atoms with van der Waals surface area (Å²) in [6.45, 7) is 4.76. The first-order valence-corrected chi connectivity index (χ1v) is 13.4. The first-order chi connectivity index (χ1) is 16.0. The number of ether oxygens (including phenoxy) is 2. The summed E-state index contributed by atoms with van der Waals surface area (Å²) in [5.74, 6) is -0.589. The standard InChI is InChI=1S/C28H41F3O2/c1-2-3-14-32-17-19-4-13-27(33-18-19)23-11-9-21(10-12-23)20-5-7-22(8-6-20)24-15-25(29)28(31)26(30)16-24/h15-16,19-23,27H,2-14,17-18H2,1H3. The molecule has 5 heteroatoms. The van der Waals surface area contributed by atoms with Crippen molar-refractivity contribution in [3.8, 4) is 0 Å². The van der Waals surface area contributed by atoms with Crippen LogP contribution in [-0.2, 0) is 9.47 Å². The van der Waals surface area contributed by atoms with Crippen LogP contribution < -0.4 is 0 Å². The summed E-state index contributed by atoms with van der Waals surface area (Å²) in [6.07, 6.45) is 14.4. The second-order valence-corrected chi connectivity index (χ2v) is 10.8. The minimum absolute atomic E-state index is 0.150. The maximum Gasteiger partial charge on any atom is 0.194 e.